The van der Waals surface area contributed by atoms with Crippen LogP contribution in [0.2, 0.25) is 0 Å². The van der Waals surface area contributed by atoms with Gasteiger partial charge in [-0.1, -0.05) is 5.10 Å². The summed E-state index contributed by atoms with van der Waals surface area (Å²) in [6, 6.07) is 7.52. The number of hydrogen-bond acceptors (Lipinski definition) is 5. The molecule has 1 aromatic heterocycles. The molecular formula is C12H16N6O. The molecule has 0 saturated heterocycles. The third kappa shape index (κ3) is 3.27. The van der Waals surface area contributed by atoms with Gasteiger partial charge in [0.1, 0.15) is 5.75 Å². The number of hydrogen-bond donors (Lipinski definition) is 0. The molecule has 1 aromatic carbocycles. The van der Waals surface area contributed by atoms with Crippen molar-refractivity contribution < 1.29 is 4.74 Å². The van der Waals surface area contributed by atoms with E-state index in [1.54, 1.807) is 11.0 Å². The van der Waals surface area contributed by atoms with Crippen LogP contribution in [0.3, 0.4) is 0 Å². The first-order chi connectivity index (χ1) is 9.20. The van der Waals surface area contributed by atoms with Crippen LogP contribution in [0.1, 0.15) is 6.92 Å². The van der Waals surface area contributed by atoms with Gasteiger partial charge >= 0.3 is 0 Å². The summed E-state index contributed by atoms with van der Waals surface area (Å²) in [5.41, 5.74) is 0.833. The Morgan fingerprint density at radius 3 is 2.68 bits per heavy atom. The predicted octanol–water partition coefficient (Wildman–Crippen LogP) is 1.28. The normalized spacial score (nSPS) is 10.9. The van der Waals surface area contributed by atoms with E-state index in [0.717, 1.165) is 11.4 Å². The summed E-state index contributed by atoms with van der Waals surface area (Å²) in [6.07, 6.45) is 1.65. The lowest BCUT2D eigenvalue weighted by Gasteiger charge is -2.05. The van der Waals surface area contributed by atoms with Crippen molar-refractivity contribution in [3.63, 3.8) is 0 Å². The molecule has 0 fully saturated rings. The molecule has 2 aromatic rings. The van der Waals surface area contributed by atoms with Gasteiger partial charge in [-0.15, -0.1) is 0 Å². The molecule has 2 rings (SSSR count). The van der Waals surface area contributed by atoms with Gasteiger partial charge in [0.15, 0.2) is 0 Å². The number of benzene rings is 1. The van der Waals surface area contributed by atoms with Gasteiger partial charge in [0.05, 0.1) is 18.6 Å². The average Bonchev–Trinajstić information content (AvgIpc) is 2.86. The van der Waals surface area contributed by atoms with Crippen LogP contribution in [0.5, 0.6) is 5.75 Å². The zero-order chi connectivity index (χ0) is 13.7. The van der Waals surface area contributed by atoms with Gasteiger partial charge in [-0.3, -0.25) is 0 Å². The minimum atomic E-state index is 0.429. The van der Waals surface area contributed by atoms with E-state index >= 15 is 0 Å². The van der Waals surface area contributed by atoms with Gasteiger partial charge in [0.25, 0.3) is 5.95 Å². The molecule has 0 unspecified atom stereocenters. The van der Waals surface area contributed by atoms with Crippen LogP contribution in [0.25, 0.3) is 5.69 Å². The molecule has 0 saturated carbocycles. The summed E-state index contributed by atoms with van der Waals surface area (Å²) in [6.45, 7) is 2.59. The molecule has 0 aliphatic carbocycles. The Bertz CT molecular complexity index is 546. The number of aromatic nitrogens is 4. The van der Waals surface area contributed by atoms with E-state index in [1.807, 2.05) is 50.2 Å². The molecule has 7 heteroatoms. The van der Waals surface area contributed by atoms with Crippen LogP contribution in [0.4, 0.5) is 5.95 Å². The number of ether oxygens (including phenoxy) is 1. The Balaban J connectivity index is 2.24. The van der Waals surface area contributed by atoms with Gasteiger partial charge in [-0.2, -0.15) is 4.68 Å². The second-order valence-corrected chi connectivity index (χ2v) is 4.03. The Kier molecular flexibility index (Phi) is 4.07. The van der Waals surface area contributed by atoms with Gasteiger partial charge in [0.2, 0.25) is 0 Å². The van der Waals surface area contributed by atoms with E-state index in [-0.39, 0.29) is 0 Å². The smallest absolute Gasteiger partial charge is 0.275 e. The largest absolute Gasteiger partial charge is 0.494 e. The SMILES string of the molecule is CCOc1ccc(-n2nnnc2/N=C/N(C)C)cc1. The molecule has 0 bridgehead atoms. The summed E-state index contributed by atoms with van der Waals surface area (Å²) in [4.78, 5) is 6.01. The molecule has 100 valence electrons. The lowest BCUT2D eigenvalue weighted by molar-refractivity contribution is 0.340. The highest BCUT2D eigenvalue weighted by atomic mass is 16.5. The molecule has 0 N–H and O–H groups in total. The van der Waals surface area contributed by atoms with Crippen molar-refractivity contribution in [3.05, 3.63) is 24.3 Å². The molecule has 0 radical (unpaired) electrons. The molecule has 1 heterocycles. The highest BCUT2D eigenvalue weighted by Crippen LogP contribution is 2.17. The number of tetrazole rings is 1. The topological polar surface area (TPSA) is 68.4 Å². The first kappa shape index (κ1) is 13.0. The maximum atomic E-state index is 5.39. The molecule has 0 atom stereocenters. The van der Waals surface area contributed by atoms with Crippen LogP contribution >= 0.6 is 0 Å². The van der Waals surface area contributed by atoms with Crippen molar-refractivity contribution in [1.82, 2.24) is 25.1 Å². The van der Waals surface area contributed by atoms with E-state index in [9.17, 15) is 0 Å². The molecule has 19 heavy (non-hydrogen) atoms. The fourth-order valence-corrected chi connectivity index (χ4v) is 1.45. The van der Waals surface area contributed by atoms with Gasteiger partial charge in [-0.25, -0.2) is 4.99 Å². The van der Waals surface area contributed by atoms with Crippen molar-refractivity contribution in [3.8, 4) is 11.4 Å². The van der Waals surface area contributed by atoms with E-state index in [4.69, 9.17) is 4.74 Å². The quantitative estimate of drug-likeness (QED) is 0.598. The minimum absolute atomic E-state index is 0.429. The summed E-state index contributed by atoms with van der Waals surface area (Å²) >= 11 is 0. The summed E-state index contributed by atoms with van der Waals surface area (Å²) in [7, 11) is 3.77. The van der Waals surface area contributed by atoms with Crippen molar-refractivity contribution in [2.24, 2.45) is 4.99 Å². The molecule has 0 aliphatic rings. The third-order valence-corrected chi connectivity index (χ3v) is 2.25. The standard InChI is InChI=1S/C12H16N6O/c1-4-19-11-7-5-10(6-8-11)18-12(14-15-16-18)13-9-17(2)3/h5-9H,4H2,1-3H3/b13-9+. The highest BCUT2D eigenvalue weighted by molar-refractivity contribution is 5.58. The number of aliphatic imine (C=N–C) groups is 1. The van der Waals surface area contributed by atoms with E-state index in [2.05, 4.69) is 20.5 Å². The van der Waals surface area contributed by atoms with E-state index in [1.165, 1.54) is 0 Å². The Morgan fingerprint density at radius 1 is 1.32 bits per heavy atom. The van der Waals surface area contributed by atoms with Crippen LogP contribution < -0.4 is 4.74 Å². The van der Waals surface area contributed by atoms with Crippen LogP contribution in [0.15, 0.2) is 29.3 Å². The molecule has 0 amide bonds. The second-order valence-electron chi connectivity index (χ2n) is 4.03. The first-order valence-corrected chi connectivity index (χ1v) is 5.93. The predicted molar refractivity (Wildman–Crippen MR) is 72.2 cm³/mol. The minimum Gasteiger partial charge on any atom is -0.494 e. The molecule has 7 nitrogen and oxygen atoms in total. The zero-order valence-electron chi connectivity index (χ0n) is 11.2. The molecule has 0 spiro atoms. The van der Waals surface area contributed by atoms with Crippen LogP contribution in [-0.2, 0) is 0 Å². The van der Waals surface area contributed by atoms with Crippen molar-refractivity contribution in [1.29, 1.82) is 0 Å². The third-order valence-electron chi connectivity index (χ3n) is 2.25. The van der Waals surface area contributed by atoms with Gasteiger partial charge in [-0.05, 0) is 41.6 Å². The van der Waals surface area contributed by atoms with Crippen molar-refractivity contribution in [2.45, 2.75) is 6.92 Å². The Labute approximate surface area is 111 Å². The monoisotopic (exact) mass is 260 g/mol. The summed E-state index contributed by atoms with van der Waals surface area (Å²) in [5, 5.41) is 11.4. The zero-order valence-corrected chi connectivity index (χ0v) is 11.2. The van der Waals surface area contributed by atoms with E-state index < -0.39 is 0 Å². The van der Waals surface area contributed by atoms with Crippen molar-refractivity contribution >= 4 is 12.3 Å². The summed E-state index contributed by atoms with van der Waals surface area (Å²) in [5.74, 6) is 1.25. The maximum Gasteiger partial charge on any atom is 0.275 e. The Morgan fingerprint density at radius 2 is 2.05 bits per heavy atom. The van der Waals surface area contributed by atoms with Crippen molar-refractivity contribution in [2.75, 3.05) is 20.7 Å². The highest BCUT2D eigenvalue weighted by Gasteiger charge is 2.06. The fraction of sp³-hybridized carbons (Fsp3) is 0.333. The lowest BCUT2D eigenvalue weighted by atomic mass is 10.3. The lowest BCUT2D eigenvalue weighted by Crippen LogP contribution is -2.07. The van der Waals surface area contributed by atoms with Gasteiger partial charge in [0, 0.05) is 14.1 Å². The maximum absolute atomic E-state index is 5.39. The Hall–Kier alpha value is -2.44. The van der Waals surface area contributed by atoms with Gasteiger partial charge < -0.3 is 9.64 Å². The molecular weight excluding hydrogens is 244 g/mol. The second kappa shape index (κ2) is 5.94. The molecule has 0 aliphatic heterocycles. The number of rotatable bonds is 5. The van der Waals surface area contributed by atoms with E-state index in [0.29, 0.717) is 12.6 Å². The van der Waals surface area contributed by atoms with Crippen LogP contribution in [-0.4, -0.2) is 52.1 Å². The average molecular weight is 260 g/mol. The van der Waals surface area contributed by atoms with Crippen LogP contribution in [0, 0.1) is 0 Å². The first-order valence-electron chi connectivity index (χ1n) is 5.93. The summed E-state index contributed by atoms with van der Waals surface area (Å²) < 4.78 is 6.96. The fourth-order valence-electron chi connectivity index (χ4n) is 1.45. The number of nitrogens with zero attached hydrogens (tertiary/aromatic N) is 6.